The third-order valence-electron chi connectivity index (χ3n) is 1.97. The van der Waals surface area contributed by atoms with Gasteiger partial charge in [-0.3, -0.25) is 0 Å². The molecule has 0 bridgehead atoms. The lowest BCUT2D eigenvalue weighted by Crippen LogP contribution is -2.10. The zero-order valence-electron chi connectivity index (χ0n) is 8.51. The van der Waals surface area contributed by atoms with E-state index in [0.717, 1.165) is 16.0 Å². The number of thioether (sulfide) groups is 1. The van der Waals surface area contributed by atoms with Crippen molar-refractivity contribution in [2.24, 2.45) is 5.84 Å². The number of hydrogen-bond donors (Lipinski definition) is 3. The minimum atomic E-state index is 0.175. The van der Waals surface area contributed by atoms with Gasteiger partial charge in [-0.25, -0.2) is 15.8 Å². The molecule has 86 valence electrons. The number of fused-ring (bicyclic) bond motifs is 1. The number of nitrogen functional groups attached to an aromatic ring is 1. The van der Waals surface area contributed by atoms with Crippen LogP contribution in [0.15, 0.2) is 11.4 Å². The van der Waals surface area contributed by atoms with Crippen molar-refractivity contribution in [2.75, 3.05) is 17.8 Å². The first-order chi connectivity index (χ1) is 7.85. The van der Waals surface area contributed by atoms with Crippen LogP contribution >= 0.6 is 23.1 Å². The fourth-order valence-corrected chi connectivity index (χ4v) is 2.67. The lowest BCUT2D eigenvalue weighted by Gasteiger charge is -2.04. The van der Waals surface area contributed by atoms with Crippen molar-refractivity contribution in [3.05, 3.63) is 17.3 Å². The lowest BCUT2D eigenvalue weighted by atomic mass is 10.4. The minimum Gasteiger partial charge on any atom is -0.396 e. The Bertz CT molecular complexity index is 473. The highest BCUT2D eigenvalue weighted by molar-refractivity contribution is 7.98. The topological polar surface area (TPSA) is 84.1 Å². The van der Waals surface area contributed by atoms with Gasteiger partial charge in [-0.1, -0.05) is 0 Å². The van der Waals surface area contributed by atoms with E-state index in [4.69, 9.17) is 10.9 Å². The summed E-state index contributed by atoms with van der Waals surface area (Å²) in [7, 11) is 0. The molecule has 0 aliphatic heterocycles. The monoisotopic (exact) mass is 256 g/mol. The highest BCUT2D eigenvalue weighted by Gasteiger charge is 2.07. The normalized spacial score (nSPS) is 10.9. The molecule has 2 rings (SSSR count). The van der Waals surface area contributed by atoms with Crippen LogP contribution in [0.4, 0.5) is 5.82 Å². The summed E-state index contributed by atoms with van der Waals surface area (Å²) in [5.41, 5.74) is 2.58. The van der Waals surface area contributed by atoms with Gasteiger partial charge in [-0.05, 0) is 11.4 Å². The Balaban J connectivity index is 2.25. The first-order valence-corrected chi connectivity index (χ1v) is 6.78. The van der Waals surface area contributed by atoms with Crippen LogP contribution in [0.25, 0.3) is 10.2 Å². The average molecular weight is 256 g/mol. The zero-order chi connectivity index (χ0) is 11.4. The van der Waals surface area contributed by atoms with E-state index in [1.807, 2.05) is 11.4 Å². The number of nitrogens with zero attached hydrogens (tertiary/aromatic N) is 2. The van der Waals surface area contributed by atoms with Gasteiger partial charge in [0.25, 0.3) is 0 Å². The molecule has 16 heavy (non-hydrogen) atoms. The molecule has 2 heterocycles. The van der Waals surface area contributed by atoms with Crippen molar-refractivity contribution in [1.29, 1.82) is 0 Å². The molecule has 0 atom stereocenters. The number of nitrogens with one attached hydrogen (secondary N) is 1. The quantitative estimate of drug-likeness (QED) is 0.423. The number of aromatic nitrogens is 2. The maximum absolute atomic E-state index is 8.69. The Kier molecular flexibility index (Phi) is 3.94. The maximum atomic E-state index is 8.69. The van der Waals surface area contributed by atoms with Gasteiger partial charge in [0, 0.05) is 5.75 Å². The van der Waals surface area contributed by atoms with Gasteiger partial charge < -0.3 is 10.5 Å². The van der Waals surface area contributed by atoms with Crippen LogP contribution in [0.3, 0.4) is 0 Å². The summed E-state index contributed by atoms with van der Waals surface area (Å²) in [4.78, 5) is 9.68. The second kappa shape index (κ2) is 5.44. The molecule has 5 nitrogen and oxygen atoms in total. The Hall–Kier alpha value is -0.890. The molecule has 0 aromatic carbocycles. The third kappa shape index (κ3) is 2.43. The summed E-state index contributed by atoms with van der Waals surface area (Å²) in [6.07, 6.45) is 0. The molecule has 0 saturated carbocycles. The van der Waals surface area contributed by atoms with E-state index in [-0.39, 0.29) is 6.61 Å². The molecule has 0 fully saturated rings. The summed E-state index contributed by atoms with van der Waals surface area (Å²) in [6, 6.07) is 1.94. The van der Waals surface area contributed by atoms with Crippen molar-refractivity contribution in [2.45, 2.75) is 5.75 Å². The van der Waals surface area contributed by atoms with E-state index in [1.165, 1.54) is 0 Å². The first-order valence-electron chi connectivity index (χ1n) is 4.74. The van der Waals surface area contributed by atoms with Crippen LogP contribution in [-0.2, 0) is 5.75 Å². The fraction of sp³-hybridized carbons (Fsp3) is 0.333. The Morgan fingerprint density at radius 3 is 3.12 bits per heavy atom. The Morgan fingerprint density at radius 2 is 2.38 bits per heavy atom. The number of aliphatic hydroxyl groups is 1. The van der Waals surface area contributed by atoms with Crippen LogP contribution in [-0.4, -0.2) is 27.4 Å². The molecule has 0 aliphatic carbocycles. The maximum Gasteiger partial charge on any atom is 0.152 e. The summed E-state index contributed by atoms with van der Waals surface area (Å²) < 4.78 is 0. The van der Waals surface area contributed by atoms with Crippen molar-refractivity contribution in [1.82, 2.24) is 9.97 Å². The molecule has 0 aliphatic rings. The summed E-state index contributed by atoms with van der Waals surface area (Å²) in [5, 5.41) is 11.6. The Labute approximate surface area is 101 Å². The summed E-state index contributed by atoms with van der Waals surface area (Å²) in [5.74, 6) is 8.19. The molecule has 2 aromatic heterocycles. The molecular formula is C9H12N4OS2. The molecule has 0 amide bonds. The van der Waals surface area contributed by atoms with E-state index < -0.39 is 0 Å². The van der Waals surface area contributed by atoms with E-state index in [9.17, 15) is 0 Å². The minimum absolute atomic E-state index is 0.175. The molecule has 7 heteroatoms. The number of nitrogens with two attached hydrogens (primary N) is 1. The fourth-order valence-electron chi connectivity index (χ4n) is 1.30. The van der Waals surface area contributed by atoms with Gasteiger partial charge in [0.1, 0.15) is 10.7 Å². The number of hydrazine groups is 1. The van der Waals surface area contributed by atoms with Crippen molar-refractivity contribution in [3.63, 3.8) is 0 Å². The molecule has 0 spiro atoms. The summed E-state index contributed by atoms with van der Waals surface area (Å²) >= 11 is 3.16. The Morgan fingerprint density at radius 1 is 1.50 bits per heavy atom. The van der Waals surface area contributed by atoms with Gasteiger partial charge in [-0.15, -0.1) is 11.3 Å². The lowest BCUT2D eigenvalue weighted by molar-refractivity contribution is 0.322. The molecular weight excluding hydrogens is 244 g/mol. The SMILES string of the molecule is NNc1nc(CSCCO)nc2sccc12. The second-order valence-electron chi connectivity index (χ2n) is 3.05. The number of thiophene rings is 1. The van der Waals surface area contributed by atoms with Crippen LogP contribution in [0.5, 0.6) is 0 Å². The molecule has 4 N–H and O–H groups in total. The van der Waals surface area contributed by atoms with E-state index in [0.29, 0.717) is 17.3 Å². The zero-order valence-corrected chi connectivity index (χ0v) is 10.1. The van der Waals surface area contributed by atoms with Crippen molar-refractivity contribution < 1.29 is 5.11 Å². The van der Waals surface area contributed by atoms with Crippen LogP contribution in [0.1, 0.15) is 5.82 Å². The van der Waals surface area contributed by atoms with Crippen molar-refractivity contribution >= 4 is 39.1 Å². The first kappa shape index (κ1) is 11.6. The molecule has 0 radical (unpaired) electrons. The van der Waals surface area contributed by atoms with Gasteiger partial charge in [0.15, 0.2) is 5.82 Å². The number of rotatable bonds is 5. The largest absolute Gasteiger partial charge is 0.396 e. The van der Waals surface area contributed by atoms with Gasteiger partial charge in [-0.2, -0.15) is 11.8 Å². The highest BCUT2D eigenvalue weighted by atomic mass is 32.2. The third-order valence-corrected chi connectivity index (χ3v) is 3.72. The van der Waals surface area contributed by atoms with Crippen LogP contribution in [0, 0.1) is 0 Å². The predicted molar refractivity (Wildman–Crippen MR) is 68.5 cm³/mol. The van der Waals surface area contributed by atoms with E-state index >= 15 is 0 Å². The predicted octanol–water partition coefficient (Wildman–Crippen LogP) is 1.20. The number of aliphatic hydroxyl groups excluding tert-OH is 1. The van der Waals surface area contributed by atoms with E-state index in [2.05, 4.69) is 15.4 Å². The van der Waals surface area contributed by atoms with Gasteiger partial charge in [0.2, 0.25) is 0 Å². The smallest absolute Gasteiger partial charge is 0.152 e. The second-order valence-corrected chi connectivity index (χ2v) is 5.05. The van der Waals surface area contributed by atoms with Crippen LogP contribution < -0.4 is 11.3 Å². The highest BCUT2D eigenvalue weighted by Crippen LogP contribution is 2.25. The van der Waals surface area contributed by atoms with Crippen LogP contribution in [0.2, 0.25) is 0 Å². The van der Waals surface area contributed by atoms with Crippen molar-refractivity contribution in [3.8, 4) is 0 Å². The summed E-state index contributed by atoms with van der Waals surface area (Å²) in [6.45, 7) is 0.175. The molecule has 0 saturated heterocycles. The van der Waals surface area contributed by atoms with Gasteiger partial charge >= 0.3 is 0 Å². The number of anilines is 1. The number of hydrogen-bond acceptors (Lipinski definition) is 7. The average Bonchev–Trinajstić information content (AvgIpc) is 2.76. The van der Waals surface area contributed by atoms with E-state index in [1.54, 1.807) is 23.1 Å². The van der Waals surface area contributed by atoms with Gasteiger partial charge in [0.05, 0.1) is 17.7 Å². The standard InChI is InChI=1S/C9H12N4OS2/c10-13-8-6-1-3-16-9(6)12-7(11-8)5-15-4-2-14/h1,3,14H,2,4-5,10H2,(H,11,12,13). The molecule has 0 unspecified atom stereocenters. The molecule has 2 aromatic rings.